The van der Waals surface area contributed by atoms with Gasteiger partial charge < -0.3 is 15.5 Å². The van der Waals surface area contributed by atoms with Gasteiger partial charge in [-0.15, -0.1) is 11.3 Å². The molecule has 0 bridgehead atoms. The van der Waals surface area contributed by atoms with Crippen LogP contribution in [0.15, 0.2) is 77.1 Å². The smallest absolute Gasteiger partial charge is 0.139 e. The summed E-state index contributed by atoms with van der Waals surface area (Å²) in [7, 11) is 0. The fourth-order valence-electron chi connectivity index (χ4n) is 6.07. The number of benzene rings is 2. The lowest BCUT2D eigenvalue weighted by atomic mass is 9.98. The van der Waals surface area contributed by atoms with Gasteiger partial charge in [0.15, 0.2) is 0 Å². The molecule has 4 nitrogen and oxygen atoms in total. The van der Waals surface area contributed by atoms with Gasteiger partial charge in [0.05, 0.1) is 11.3 Å². The predicted octanol–water partition coefficient (Wildman–Crippen LogP) is 6.10. The summed E-state index contributed by atoms with van der Waals surface area (Å²) in [5.41, 5.74) is 5.36. The second-order valence-corrected chi connectivity index (χ2v) is 11.7. The van der Waals surface area contributed by atoms with Gasteiger partial charge in [0.1, 0.15) is 10.8 Å². The van der Waals surface area contributed by atoms with Gasteiger partial charge in [-0.25, -0.2) is 4.99 Å². The van der Waals surface area contributed by atoms with Crippen LogP contribution >= 0.6 is 11.3 Å². The number of nitrogens with one attached hydrogen (secondary N) is 2. The Bertz CT molecular complexity index is 1370. The third-order valence-electron chi connectivity index (χ3n) is 7.99. The lowest BCUT2D eigenvalue weighted by Gasteiger charge is -2.36. The van der Waals surface area contributed by atoms with Crippen LogP contribution < -0.4 is 10.6 Å². The van der Waals surface area contributed by atoms with E-state index in [1.165, 1.54) is 55.4 Å². The number of aryl methyl sites for hydroxylation is 2. The van der Waals surface area contributed by atoms with Crippen molar-refractivity contribution >= 4 is 32.9 Å². The standard InChI is InChI=1S/C30H32N4S/c1-19-16-26-29(33-28-25-17-22(25)9-5-11-27(28)32-30(26)35-19)34-15-14-31-23(18-34)13-12-21-8-4-7-20-6-2-3-10-24(20)21/h2-10,16,22-23,25,31-32H,11-15,17-18H2,1H3/t22?,23-,25?/m0/s1. The Hall–Kier alpha value is -2.89. The van der Waals surface area contributed by atoms with Crippen LogP contribution in [0.1, 0.15) is 35.3 Å². The van der Waals surface area contributed by atoms with Gasteiger partial charge in [-0.05, 0) is 54.5 Å². The summed E-state index contributed by atoms with van der Waals surface area (Å²) < 4.78 is 0. The molecule has 4 aliphatic rings. The van der Waals surface area contributed by atoms with Crippen LogP contribution in [0.5, 0.6) is 0 Å². The van der Waals surface area contributed by atoms with Crippen LogP contribution in [0.3, 0.4) is 0 Å². The lowest BCUT2D eigenvalue weighted by molar-refractivity contribution is 0.282. The highest BCUT2D eigenvalue weighted by Gasteiger charge is 2.42. The van der Waals surface area contributed by atoms with E-state index in [4.69, 9.17) is 4.99 Å². The maximum absolute atomic E-state index is 5.45. The summed E-state index contributed by atoms with van der Waals surface area (Å²) in [5, 5.41) is 11.6. The number of hydrogen-bond acceptors (Lipinski definition) is 5. The van der Waals surface area contributed by atoms with Crippen molar-refractivity contribution in [2.24, 2.45) is 16.8 Å². The minimum Gasteiger partial charge on any atom is -0.353 e. The van der Waals surface area contributed by atoms with Gasteiger partial charge in [-0.2, -0.15) is 0 Å². The fraction of sp³-hybridized carbons (Fsp3) is 0.367. The average Bonchev–Trinajstić information content (AvgIpc) is 3.60. The average molecular weight is 481 g/mol. The number of allylic oxidation sites excluding steroid dienone is 3. The van der Waals surface area contributed by atoms with Crippen LogP contribution in [0.2, 0.25) is 0 Å². The van der Waals surface area contributed by atoms with E-state index in [-0.39, 0.29) is 0 Å². The molecule has 3 aromatic rings. The maximum Gasteiger partial charge on any atom is 0.139 e. The Morgan fingerprint density at radius 1 is 1.14 bits per heavy atom. The molecule has 2 unspecified atom stereocenters. The predicted molar refractivity (Wildman–Crippen MR) is 147 cm³/mol. The number of fused-ring (bicyclic) bond motifs is 4. The second-order valence-electron chi connectivity index (χ2n) is 10.4. The van der Waals surface area contributed by atoms with Gasteiger partial charge in [0.2, 0.25) is 0 Å². The van der Waals surface area contributed by atoms with E-state index < -0.39 is 0 Å². The molecule has 7 rings (SSSR count). The van der Waals surface area contributed by atoms with E-state index in [1.807, 2.05) is 11.3 Å². The first-order chi connectivity index (χ1) is 17.2. The largest absolute Gasteiger partial charge is 0.353 e. The van der Waals surface area contributed by atoms with Gasteiger partial charge in [-0.1, -0.05) is 54.6 Å². The number of nitrogens with zero attached hydrogens (tertiary/aromatic N) is 2. The molecule has 0 radical (unpaired) electrons. The Kier molecular flexibility index (Phi) is 5.29. The second kappa shape index (κ2) is 8.65. The first kappa shape index (κ1) is 21.4. The molecule has 3 heterocycles. The molecular formula is C30H32N4S. The minimum atomic E-state index is 0.461. The van der Waals surface area contributed by atoms with Gasteiger partial charge >= 0.3 is 0 Å². The van der Waals surface area contributed by atoms with E-state index >= 15 is 0 Å². The zero-order chi connectivity index (χ0) is 23.4. The Labute approximate surface area is 211 Å². The molecule has 2 aliphatic carbocycles. The normalized spacial score (nSPS) is 25.2. The van der Waals surface area contributed by atoms with Crippen molar-refractivity contribution in [3.8, 4) is 0 Å². The number of hydrogen-bond donors (Lipinski definition) is 2. The zero-order valence-electron chi connectivity index (χ0n) is 20.3. The van der Waals surface area contributed by atoms with Gasteiger partial charge in [0.25, 0.3) is 0 Å². The Morgan fingerprint density at radius 3 is 3.03 bits per heavy atom. The van der Waals surface area contributed by atoms with E-state index in [2.05, 4.69) is 83.1 Å². The summed E-state index contributed by atoms with van der Waals surface area (Å²) in [6, 6.07) is 18.3. The molecule has 35 heavy (non-hydrogen) atoms. The van der Waals surface area contributed by atoms with Crippen LogP contribution in [-0.4, -0.2) is 36.4 Å². The maximum atomic E-state index is 5.45. The first-order valence-corrected chi connectivity index (χ1v) is 13.9. The monoisotopic (exact) mass is 480 g/mol. The molecule has 2 N–H and O–H groups in total. The molecule has 5 heteroatoms. The van der Waals surface area contributed by atoms with Crippen LogP contribution in [0, 0.1) is 18.8 Å². The highest BCUT2D eigenvalue weighted by molar-refractivity contribution is 7.16. The number of thiophene rings is 1. The first-order valence-electron chi connectivity index (χ1n) is 13.0. The number of anilines is 1. The third kappa shape index (κ3) is 4.01. The molecule has 178 valence electrons. The van der Waals surface area contributed by atoms with E-state index in [1.54, 1.807) is 0 Å². The summed E-state index contributed by atoms with van der Waals surface area (Å²) in [5.74, 6) is 2.46. The summed E-state index contributed by atoms with van der Waals surface area (Å²) >= 11 is 1.87. The topological polar surface area (TPSA) is 39.7 Å². The number of amidine groups is 1. The molecule has 0 amide bonds. The van der Waals surface area contributed by atoms with Crippen molar-refractivity contribution in [2.75, 3.05) is 25.0 Å². The van der Waals surface area contributed by atoms with Crippen molar-refractivity contribution in [1.29, 1.82) is 0 Å². The molecule has 3 atom stereocenters. The van der Waals surface area contributed by atoms with E-state index in [0.717, 1.165) is 38.9 Å². The molecule has 1 saturated heterocycles. The van der Waals surface area contributed by atoms with Gasteiger partial charge in [0, 0.05) is 48.6 Å². The van der Waals surface area contributed by atoms with Crippen LogP contribution in [0.25, 0.3) is 10.8 Å². The number of aliphatic imine (C=N–C) groups is 1. The van der Waals surface area contributed by atoms with Crippen molar-refractivity contribution in [1.82, 2.24) is 10.2 Å². The molecule has 1 saturated carbocycles. The minimum absolute atomic E-state index is 0.461. The van der Waals surface area contributed by atoms with Crippen LogP contribution in [0.4, 0.5) is 5.00 Å². The van der Waals surface area contributed by atoms with Crippen molar-refractivity contribution in [3.63, 3.8) is 0 Å². The molecule has 2 aliphatic heterocycles. The highest BCUT2D eigenvalue weighted by Crippen LogP contribution is 2.50. The van der Waals surface area contributed by atoms with Crippen molar-refractivity contribution < 1.29 is 0 Å². The molecule has 2 aromatic carbocycles. The van der Waals surface area contributed by atoms with E-state index in [0.29, 0.717) is 17.9 Å². The number of rotatable bonds is 3. The summed E-state index contributed by atoms with van der Waals surface area (Å²) in [4.78, 5) is 9.35. The quantitative estimate of drug-likeness (QED) is 0.445. The van der Waals surface area contributed by atoms with Crippen molar-refractivity contribution in [2.45, 2.75) is 38.6 Å². The van der Waals surface area contributed by atoms with E-state index in [9.17, 15) is 0 Å². The molecule has 2 fully saturated rings. The van der Waals surface area contributed by atoms with Crippen LogP contribution in [-0.2, 0) is 6.42 Å². The molecule has 1 aromatic heterocycles. The lowest BCUT2D eigenvalue weighted by Crippen LogP contribution is -2.53. The Morgan fingerprint density at radius 2 is 2.06 bits per heavy atom. The summed E-state index contributed by atoms with van der Waals surface area (Å²) in [6.07, 6.45) is 9.18. The molecular weight excluding hydrogens is 448 g/mol. The fourth-order valence-corrected chi connectivity index (χ4v) is 7.01. The van der Waals surface area contributed by atoms with Gasteiger partial charge in [-0.3, -0.25) is 0 Å². The summed E-state index contributed by atoms with van der Waals surface area (Å²) in [6.45, 7) is 5.23. The Balaban J connectivity index is 1.15. The van der Waals surface area contributed by atoms with Crippen molar-refractivity contribution in [3.05, 3.63) is 88.1 Å². The highest BCUT2D eigenvalue weighted by atomic mass is 32.1. The third-order valence-corrected chi connectivity index (χ3v) is 8.96. The zero-order valence-corrected chi connectivity index (χ0v) is 21.1. The SMILES string of the molecule is Cc1cc2c(s1)NC1=C(N=C2N2CCN[C@@H](CCc3cccc4ccccc34)C2)C2CC2C=CC1. The molecule has 0 spiro atoms. The number of piperazine rings is 1.